The Morgan fingerprint density at radius 2 is 2.20 bits per heavy atom. The van der Waals surface area contributed by atoms with Gasteiger partial charge in [-0.15, -0.1) is 0 Å². The van der Waals surface area contributed by atoms with Gasteiger partial charge in [0.1, 0.15) is 15.9 Å². The Morgan fingerprint density at radius 1 is 1.45 bits per heavy atom. The summed E-state index contributed by atoms with van der Waals surface area (Å²) in [6.07, 6.45) is 0.131. The third-order valence-corrected chi connectivity index (χ3v) is 4.85. The number of hydrogen-bond donors (Lipinski definition) is 2. The van der Waals surface area contributed by atoms with E-state index < -0.39 is 22.0 Å². The van der Waals surface area contributed by atoms with E-state index in [2.05, 4.69) is 13.5 Å². The molecule has 9 heteroatoms. The van der Waals surface area contributed by atoms with Crippen molar-refractivity contribution >= 4 is 38.8 Å². The fraction of sp³-hybridized carbons (Fsp3) is 0.364. The zero-order valence-electron chi connectivity index (χ0n) is 10.6. The Bertz CT molecular complexity index is 726. The zero-order valence-corrected chi connectivity index (χ0v) is 12.2. The van der Waals surface area contributed by atoms with E-state index in [-0.39, 0.29) is 17.7 Å². The number of aliphatic carboxylic acids is 1. The number of carbonyl (C=O) groups is 1. The van der Waals surface area contributed by atoms with E-state index in [0.29, 0.717) is 11.0 Å². The van der Waals surface area contributed by atoms with E-state index in [0.717, 1.165) is 11.7 Å². The van der Waals surface area contributed by atoms with Gasteiger partial charge >= 0.3 is 5.97 Å². The molecule has 2 aromatic rings. The maximum absolute atomic E-state index is 12.3. The van der Waals surface area contributed by atoms with E-state index in [1.54, 1.807) is 19.1 Å². The first-order chi connectivity index (χ1) is 9.40. The smallest absolute Gasteiger partial charge is 0.303 e. The second kappa shape index (κ2) is 5.81. The fourth-order valence-corrected chi connectivity index (χ4v) is 3.77. The molecule has 1 atom stereocenters. The number of carboxylic acid groups (broad SMARTS) is 1. The van der Waals surface area contributed by atoms with E-state index in [4.69, 9.17) is 5.11 Å². The molecule has 2 rings (SSSR count). The molecule has 0 aliphatic rings. The van der Waals surface area contributed by atoms with Crippen LogP contribution in [0.4, 0.5) is 0 Å². The summed E-state index contributed by atoms with van der Waals surface area (Å²) in [6, 6.07) is 4.26. The normalized spacial score (nSPS) is 13.4. The van der Waals surface area contributed by atoms with Crippen molar-refractivity contribution in [2.24, 2.45) is 0 Å². The Hall–Kier alpha value is -1.58. The van der Waals surface area contributed by atoms with Crippen LogP contribution in [0.3, 0.4) is 0 Å². The number of aromatic nitrogens is 2. The molecule has 0 saturated heterocycles. The van der Waals surface area contributed by atoms with Gasteiger partial charge in [0.15, 0.2) is 0 Å². The molecule has 20 heavy (non-hydrogen) atoms. The first-order valence-electron chi connectivity index (χ1n) is 5.85. The van der Waals surface area contributed by atoms with Gasteiger partial charge in [0.25, 0.3) is 0 Å². The number of hydrogen-bond acceptors (Lipinski definition) is 6. The van der Waals surface area contributed by atoms with Crippen LogP contribution in [0.1, 0.15) is 19.8 Å². The van der Waals surface area contributed by atoms with Gasteiger partial charge in [0.05, 0.1) is 11.7 Å². The van der Waals surface area contributed by atoms with Crippen LogP contribution in [0.15, 0.2) is 23.1 Å². The molecule has 0 aliphatic carbocycles. The van der Waals surface area contributed by atoms with Gasteiger partial charge in [-0.25, -0.2) is 13.1 Å². The van der Waals surface area contributed by atoms with Crippen LogP contribution in [0, 0.1) is 0 Å². The van der Waals surface area contributed by atoms with Crippen molar-refractivity contribution in [1.29, 1.82) is 0 Å². The van der Waals surface area contributed by atoms with E-state index in [9.17, 15) is 13.2 Å². The SMILES string of the molecule is CC(CCC(=O)O)NS(=O)(=O)c1cccc2nsnc12. The summed E-state index contributed by atoms with van der Waals surface area (Å²) < 4.78 is 35.0. The van der Waals surface area contributed by atoms with Crippen molar-refractivity contribution in [3.05, 3.63) is 18.2 Å². The van der Waals surface area contributed by atoms with E-state index >= 15 is 0 Å². The number of fused-ring (bicyclic) bond motifs is 1. The molecule has 1 aromatic carbocycles. The lowest BCUT2D eigenvalue weighted by Gasteiger charge is -2.13. The largest absolute Gasteiger partial charge is 0.481 e. The van der Waals surface area contributed by atoms with E-state index in [1.165, 1.54) is 6.07 Å². The minimum absolute atomic E-state index is 0.0610. The lowest BCUT2D eigenvalue weighted by Crippen LogP contribution is -2.33. The van der Waals surface area contributed by atoms with E-state index in [1.807, 2.05) is 0 Å². The molecule has 0 amide bonds. The minimum Gasteiger partial charge on any atom is -0.481 e. The number of nitrogens with one attached hydrogen (secondary N) is 1. The molecule has 2 N–H and O–H groups in total. The zero-order chi connectivity index (χ0) is 14.8. The fourth-order valence-electron chi connectivity index (χ4n) is 1.73. The average molecular weight is 315 g/mol. The monoisotopic (exact) mass is 315 g/mol. The van der Waals surface area contributed by atoms with Crippen molar-refractivity contribution in [2.45, 2.75) is 30.7 Å². The lowest BCUT2D eigenvalue weighted by atomic mass is 10.2. The number of benzene rings is 1. The number of nitrogens with zero attached hydrogens (tertiary/aromatic N) is 2. The molecule has 0 radical (unpaired) electrons. The Kier molecular flexibility index (Phi) is 4.31. The van der Waals surface area contributed by atoms with Crippen molar-refractivity contribution in [1.82, 2.24) is 13.5 Å². The van der Waals surface area contributed by atoms with Crippen molar-refractivity contribution in [3.63, 3.8) is 0 Å². The third kappa shape index (κ3) is 3.30. The van der Waals surface area contributed by atoms with Crippen molar-refractivity contribution in [3.8, 4) is 0 Å². The van der Waals surface area contributed by atoms with Gasteiger partial charge in [-0.2, -0.15) is 8.75 Å². The Balaban J connectivity index is 2.22. The molecule has 1 unspecified atom stereocenters. The van der Waals surface area contributed by atoms with Gasteiger partial charge in [-0.3, -0.25) is 4.79 Å². The molecule has 0 spiro atoms. The molecule has 1 heterocycles. The van der Waals surface area contributed by atoms with Crippen LogP contribution in [0.25, 0.3) is 11.0 Å². The number of sulfonamides is 1. The molecule has 108 valence electrons. The summed E-state index contributed by atoms with van der Waals surface area (Å²) in [5.74, 6) is -0.957. The highest BCUT2D eigenvalue weighted by molar-refractivity contribution is 7.89. The van der Waals surface area contributed by atoms with Gasteiger partial charge in [-0.05, 0) is 25.5 Å². The van der Waals surface area contributed by atoms with Gasteiger partial charge in [0.2, 0.25) is 10.0 Å². The summed E-state index contributed by atoms with van der Waals surface area (Å²) in [5.41, 5.74) is 0.853. The number of carboxylic acids is 1. The van der Waals surface area contributed by atoms with Crippen LogP contribution >= 0.6 is 11.7 Å². The van der Waals surface area contributed by atoms with Crippen LogP contribution in [0.2, 0.25) is 0 Å². The summed E-state index contributed by atoms with van der Waals surface area (Å²) >= 11 is 0.946. The molecule has 0 saturated carbocycles. The summed E-state index contributed by atoms with van der Waals surface area (Å²) in [5, 5.41) is 8.60. The quantitative estimate of drug-likeness (QED) is 0.829. The highest BCUT2D eigenvalue weighted by Crippen LogP contribution is 2.21. The van der Waals surface area contributed by atoms with Crippen molar-refractivity contribution < 1.29 is 18.3 Å². The first-order valence-corrected chi connectivity index (χ1v) is 8.07. The highest BCUT2D eigenvalue weighted by Gasteiger charge is 2.21. The Morgan fingerprint density at radius 3 is 2.90 bits per heavy atom. The molecule has 0 bridgehead atoms. The van der Waals surface area contributed by atoms with Crippen LogP contribution in [-0.2, 0) is 14.8 Å². The third-order valence-electron chi connectivity index (χ3n) is 2.69. The molecular weight excluding hydrogens is 302 g/mol. The highest BCUT2D eigenvalue weighted by atomic mass is 32.2. The van der Waals surface area contributed by atoms with Gasteiger partial charge in [-0.1, -0.05) is 6.07 Å². The second-order valence-electron chi connectivity index (χ2n) is 4.34. The Labute approximate surface area is 120 Å². The minimum atomic E-state index is -3.74. The van der Waals surface area contributed by atoms with Crippen LogP contribution < -0.4 is 4.72 Å². The summed E-state index contributed by atoms with van der Waals surface area (Å²) in [6.45, 7) is 1.62. The first kappa shape index (κ1) is 14.8. The molecular formula is C11H13N3O4S2. The summed E-state index contributed by atoms with van der Waals surface area (Å²) in [4.78, 5) is 10.5. The standard InChI is InChI=1S/C11H13N3O4S2/c1-7(5-6-10(15)16)14-20(17,18)9-4-2-3-8-11(9)13-19-12-8/h2-4,7,14H,5-6H2,1H3,(H,15,16). The average Bonchev–Trinajstić information content (AvgIpc) is 2.83. The lowest BCUT2D eigenvalue weighted by molar-refractivity contribution is -0.137. The maximum Gasteiger partial charge on any atom is 0.303 e. The van der Waals surface area contributed by atoms with Gasteiger partial charge < -0.3 is 5.11 Å². The maximum atomic E-state index is 12.3. The van der Waals surface area contributed by atoms with Gasteiger partial charge in [0, 0.05) is 12.5 Å². The topological polar surface area (TPSA) is 109 Å². The molecule has 0 fully saturated rings. The molecule has 7 nitrogen and oxygen atoms in total. The molecule has 0 aliphatic heterocycles. The van der Waals surface area contributed by atoms with Crippen LogP contribution in [0.5, 0.6) is 0 Å². The predicted molar refractivity (Wildman–Crippen MR) is 74.1 cm³/mol. The number of rotatable bonds is 6. The predicted octanol–water partition coefficient (Wildman–Crippen LogP) is 1.22. The summed E-state index contributed by atoms with van der Waals surface area (Å²) in [7, 11) is -3.74. The second-order valence-corrected chi connectivity index (χ2v) is 6.55. The molecule has 1 aromatic heterocycles. The van der Waals surface area contributed by atoms with Crippen LogP contribution in [-0.4, -0.2) is 34.3 Å². The van der Waals surface area contributed by atoms with Crippen molar-refractivity contribution in [2.75, 3.05) is 0 Å².